The maximum absolute atomic E-state index is 13.3. The van der Waals surface area contributed by atoms with Crippen LogP contribution in [0.3, 0.4) is 0 Å². The van der Waals surface area contributed by atoms with E-state index in [-0.39, 0.29) is 0 Å². The summed E-state index contributed by atoms with van der Waals surface area (Å²) in [5.74, 6) is -2.25. The molecule has 3 aromatic rings. The lowest BCUT2D eigenvalue weighted by molar-refractivity contribution is -0.188. The van der Waals surface area contributed by atoms with Crippen LogP contribution in [0.1, 0.15) is 0 Å². The number of benzene rings is 3. The molecule has 0 aliphatic carbocycles. The van der Waals surface area contributed by atoms with Crippen molar-refractivity contribution >= 4 is 64.1 Å². The van der Waals surface area contributed by atoms with Crippen LogP contribution in [0.25, 0.3) is 0 Å². The van der Waals surface area contributed by atoms with E-state index < -0.39 is 22.5 Å². The second-order valence-corrected chi connectivity index (χ2v) is 11.0. The molecule has 0 aliphatic heterocycles. The molecule has 3 aromatic carbocycles. The summed E-state index contributed by atoms with van der Waals surface area (Å²) >= 11 is 10.3. The van der Waals surface area contributed by atoms with Gasteiger partial charge in [-0.25, -0.2) is 4.79 Å². The Morgan fingerprint density at radius 2 is 1.21 bits per heavy atom. The Kier molecular flexibility index (Phi) is 6.82. The minimum Gasteiger partial charge on any atom is -0.395 e. The topological polar surface area (TPSA) is 26.3 Å². The Morgan fingerprint density at radius 1 is 0.793 bits per heavy atom. The summed E-state index contributed by atoms with van der Waals surface area (Å²) in [5.41, 5.74) is 0. The largest absolute Gasteiger partial charge is 0.491 e. The molecule has 0 N–H and O–H groups in total. The molecule has 0 bridgehead atoms. The highest BCUT2D eigenvalue weighted by atomic mass is 79.9. The van der Waals surface area contributed by atoms with Crippen molar-refractivity contribution in [3.8, 4) is 0 Å². The predicted molar refractivity (Wildman–Crippen MR) is 117 cm³/mol. The molecule has 152 valence electrons. The number of carbonyl (C=O) groups excluding carboxylic acids is 1. The number of halogens is 6. The third-order valence-corrected chi connectivity index (χ3v) is 9.35. The van der Waals surface area contributed by atoms with Crippen molar-refractivity contribution in [1.82, 2.24) is 0 Å². The molecular weight excluding hydrogens is 601 g/mol. The van der Waals surface area contributed by atoms with Crippen LogP contribution in [0.2, 0.25) is 0 Å². The fourth-order valence-corrected chi connectivity index (χ4v) is 9.41. The standard InChI is InChI=1S/C20H12Br3F3O2S/c21-13-11-16(22)18(17(23)12-13)29(14-7-3-1-4-8-14,15-9-5-2-6-10-15)28-19(27)20(24,25)26/h1-12H. The summed E-state index contributed by atoms with van der Waals surface area (Å²) in [7, 11) is -3.08. The molecule has 29 heavy (non-hydrogen) atoms. The maximum atomic E-state index is 13.3. The SMILES string of the molecule is O=C(OS(c1ccccc1)(c1ccccc1)c1c(Br)cc(Br)cc1Br)C(F)(F)F. The van der Waals surface area contributed by atoms with E-state index in [2.05, 4.69) is 47.8 Å². The first-order valence-corrected chi connectivity index (χ1v) is 12.0. The second kappa shape index (κ2) is 8.83. The van der Waals surface area contributed by atoms with Gasteiger partial charge in [-0.3, -0.25) is 0 Å². The lowest BCUT2D eigenvalue weighted by Gasteiger charge is -2.41. The van der Waals surface area contributed by atoms with Gasteiger partial charge in [-0.2, -0.15) is 13.2 Å². The normalized spacial score (nSPS) is 12.5. The molecule has 0 amide bonds. The predicted octanol–water partition coefficient (Wildman–Crippen LogP) is 8.28. The van der Waals surface area contributed by atoms with Crippen molar-refractivity contribution in [1.29, 1.82) is 0 Å². The Morgan fingerprint density at radius 3 is 1.59 bits per heavy atom. The van der Waals surface area contributed by atoms with Gasteiger partial charge >= 0.3 is 12.1 Å². The molecule has 0 unspecified atom stereocenters. The monoisotopic (exact) mass is 610 g/mol. The van der Waals surface area contributed by atoms with Crippen LogP contribution in [0.15, 0.2) is 101 Å². The third kappa shape index (κ3) is 4.57. The summed E-state index contributed by atoms with van der Waals surface area (Å²) in [6.45, 7) is 0. The van der Waals surface area contributed by atoms with Gasteiger partial charge in [0.15, 0.2) is 0 Å². The van der Waals surface area contributed by atoms with Crippen LogP contribution in [-0.2, 0) is 8.98 Å². The molecule has 0 heterocycles. The smallest absolute Gasteiger partial charge is 0.395 e. The van der Waals surface area contributed by atoms with Gasteiger partial charge in [0.25, 0.3) is 0 Å². The highest BCUT2D eigenvalue weighted by Gasteiger charge is 2.48. The van der Waals surface area contributed by atoms with Crippen LogP contribution in [0, 0.1) is 0 Å². The van der Waals surface area contributed by atoms with Crippen LogP contribution in [0.4, 0.5) is 13.2 Å². The summed E-state index contributed by atoms with van der Waals surface area (Å²) in [4.78, 5) is 13.4. The first kappa shape index (κ1) is 22.4. The average molecular weight is 613 g/mol. The van der Waals surface area contributed by atoms with Gasteiger partial charge in [0.1, 0.15) is 0 Å². The maximum Gasteiger partial charge on any atom is 0.491 e. The molecule has 9 heteroatoms. The highest BCUT2D eigenvalue weighted by molar-refractivity contribution is 9.11. The number of hydrogen-bond acceptors (Lipinski definition) is 2. The van der Waals surface area contributed by atoms with Gasteiger partial charge in [0, 0.05) is 23.2 Å². The average Bonchev–Trinajstić information content (AvgIpc) is 2.67. The van der Waals surface area contributed by atoms with Gasteiger partial charge < -0.3 is 4.18 Å². The Bertz CT molecular complexity index is 966. The molecule has 0 radical (unpaired) electrons. The fraction of sp³-hybridized carbons (Fsp3) is 0.0500. The van der Waals surface area contributed by atoms with Gasteiger partial charge in [-0.05, 0) is 78.6 Å². The van der Waals surface area contributed by atoms with E-state index in [0.29, 0.717) is 28.1 Å². The van der Waals surface area contributed by atoms with Gasteiger partial charge in [0.05, 0.1) is 4.90 Å². The molecule has 3 rings (SSSR count). The minimum atomic E-state index is -5.14. The van der Waals surface area contributed by atoms with Crippen molar-refractivity contribution in [2.45, 2.75) is 20.9 Å². The Labute approximate surface area is 192 Å². The summed E-state index contributed by atoms with van der Waals surface area (Å²) in [5, 5.41) is 0. The molecule has 0 spiro atoms. The Balaban J connectivity index is 2.43. The van der Waals surface area contributed by atoms with E-state index in [9.17, 15) is 18.0 Å². The van der Waals surface area contributed by atoms with E-state index in [0.717, 1.165) is 0 Å². The number of hydrogen-bond donors (Lipinski definition) is 0. The summed E-state index contributed by atoms with van der Waals surface area (Å²) in [6, 6.07) is 20.3. The van der Waals surface area contributed by atoms with Crippen molar-refractivity contribution in [2.75, 3.05) is 0 Å². The molecule has 0 fully saturated rings. The lowest BCUT2D eigenvalue weighted by atomic mass is 10.4. The molecular formula is C20H12Br3F3O2S. The molecule has 0 saturated heterocycles. The summed E-state index contributed by atoms with van der Waals surface area (Å²) in [6.07, 6.45) is -5.14. The van der Waals surface area contributed by atoms with E-state index in [4.69, 9.17) is 4.18 Å². The molecule has 0 aliphatic rings. The van der Waals surface area contributed by atoms with Gasteiger partial charge in [-0.1, -0.05) is 52.3 Å². The quantitative estimate of drug-likeness (QED) is 0.296. The van der Waals surface area contributed by atoms with Crippen molar-refractivity contribution in [3.63, 3.8) is 0 Å². The lowest BCUT2D eigenvalue weighted by Crippen LogP contribution is -2.27. The van der Waals surface area contributed by atoms with Crippen molar-refractivity contribution in [3.05, 3.63) is 86.2 Å². The van der Waals surface area contributed by atoms with Crippen LogP contribution in [0.5, 0.6) is 0 Å². The zero-order chi connectivity index (χ0) is 21.2. The van der Waals surface area contributed by atoms with Crippen molar-refractivity contribution < 1.29 is 22.1 Å². The molecule has 0 saturated carbocycles. The van der Waals surface area contributed by atoms with E-state index >= 15 is 0 Å². The first-order chi connectivity index (χ1) is 13.7. The Hall–Kier alpha value is -1.29. The number of alkyl halides is 3. The minimum absolute atomic E-state index is 0.413. The zero-order valence-electron chi connectivity index (χ0n) is 14.4. The summed E-state index contributed by atoms with van der Waals surface area (Å²) < 4.78 is 47.0. The highest BCUT2D eigenvalue weighted by Crippen LogP contribution is 2.72. The second-order valence-electron chi connectivity index (χ2n) is 5.75. The van der Waals surface area contributed by atoms with Crippen LogP contribution in [-0.4, -0.2) is 12.1 Å². The fourth-order valence-electron chi connectivity index (χ4n) is 2.70. The first-order valence-electron chi connectivity index (χ1n) is 8.05. The van der Waals surface area contributed by atoms with Crippen LogP contribution >= 0.6 is 58.1 Å². The van der Waals surface area contributed by atoms with Gasteiger partial charge in [-0.15, -0.1) is 0 Å². The molecule has 0 atom stereocenters. The number of rotatable bonds is 4. The van der Waals surface area contributed by atoms with Crippen LogP contribution < -0.4 is 0 Å². The molecule has 0 aromatic heterocycles. The molecule has 2 nitrogen and oxygen atoms in total. The van der Waals surface area contributed by atoms with Crippen molar-refractivity contribution in [2.24, 2.45) is 0 Å². The third-order valence-electron chi connectivity index (χ3n) is 3.83. The van der Waals surface area contributed by atoms with Gasteiger partial charge in [0.2, 0.25) is 0 Å². The zero-order valence-corrected chi connectivity index (χ0v) is 20.0. The van der Waals surface area contributed by atoms with E-state index in [1.165, 1.54) is 0 Å². The van der Waals surface area contributed by atoms with E-state index in [1.807, 2.05) is 0 Å². The number of carbonyl (C=O) groups is 1. The van der Waals surface area contributed by atoms with E-state index in [1.54, 1.807) is 72.8 Å².